The van der Waals surface area contributed by atoms with Crippen LogP contribution in [0.15, 0.2) is 35.1 Å². The first kappa shape index (κ1) is 22.1. The standard InChI is InChI=1S/C21H23Cl2N5O2/c1-3-17-16(11-13-9-14(22)12-15(23)10-13)19(4-2)28(27-17)8-7-24-21(30)18-5-6-20(29)26-25-18/h5-6,9-10,12H,3-4,7-8,11H2,1-2H3,(H,24,30)(H,26,29). The number of halogens is 2. The zero-order valence-electron chi connectivity index (χ0n) is 16.8. The van der Waals surface area contributed by atoms with E-state index in [0.717, 1.165) is 29.8 Å². The van der Waals surface area contributed by atoms with Gasteiger partial charge < -0.3 is 5.32 Å². The fraction of sp³-hybridized carbons (Fsp3) is 0.333. The lowest BCUT2D eigenvalue weighted by molar-refractivity contribution is 0.0945. The van der Waals surface area contributed by atoms with Crippen LogP contribution >= 0.6 is 23.2 Å². The molecule has 9 heteroatoms. The van der Waals surface area contributed by atoms with Gasteiger partial charge in [0.1, 0.15) is 5.69 Å². The maximum Gasteiger partial charge on any atom is 0.271 e. The fourth-order valence-electron chi connectivity index (χ4n) is 3.41. The minimum Gasteiger partial charge on any atom is -0.349 e. The molecule has 0 spiro atoms. The summed E-state index contributed by atoms with van der Waals surface area (Å²) in [7, 11) is 0. The van der Waals surface area contributed by atoms with Crippen molar-refractivity contribution in [2.75, 3.05) is 6.54 Å². The molecule has 0 saturated carbocycles. The summed E-state index contributed by atoms with van der Waals surface area (Å²) in [6.45, 7) is 5.08. The zero-order valence-corrected chi connectivity index (χ0v) is 18.3. The van der Waals surface area contributed by atoms with E-state index in [9.17, 15) is 9.59 Å². The van der Waals surface area contributed by atoms with Gasteiger partial charge in [-0.15, -0.1) is 0 Å². The number of aromatic amines is 1. The predicted molar refractivity (Wildman–Crippen MR) is 117 cm³/mol. The van der Waals surface area contributed by atoms with Crippen LogP contribution in [0.4, 0.5) is 0 Å². The number of aromatic nitrogens is 4. The van der Waals surface area contributed by atoms with Crippen molar-refractivity contribution in [2.24, 2.45) is 0 Å². The van der Waals surface area contributed by atoms with Crippen LogP contribution in [0.1, 0.15) is 46.9 Å². The molecule has 0 saturated heterocycles. The molecule has 0 aliphatic carbocycles. The van der Waals surface area contributed by atoms with Crippen molar-refractivity contribution in [1.82, 2.24) is 25.3 Å². The Kier molecular flexibility index (Phi) is 7.29. The van der Waals surface area contributed by atoms with E-state index < -0.39 is 0 Å². The molecular weight excluding hydrogens is 425 g/mol. The van der Waals surface area contributed by atoms with E-state index in [-0.39, 0.29) is 17.2 Å². The van der Waals surface area contributed by atoms with Crippen molar-refractivity contribution in [3.8, 4) is 0 Å². The maximum atomic E-state index is 12.2. The fourth-order valence-corrected chi connectivity index (χ4v) is 3.98. The largest absolute Gasteiger partial charge is 0.349 e. The Balaban J connectivity index is 1.74. The molecule has 158 valence electrons. The van der Waals surface area contributed by atoms with Gasteiger partial charge in [-0.2, -0.15) is 10.2 Å². The Labute approximate surface area is 184 Å². The van der Waals surface area contributed by atoms with E-state index in [4.69, 9.17) is 28.3 Å². The Morgan fingerprint density at radius 3 is 2.47 bits per heavy atom. The Morgan fingerprint density at radius 2 is 1.87 bits per heavy atom. The number of benzene rings is 1. The highest BCUT2D eigenvalue weighted by Crippen LogP contribution is 2.25. The Morgan fingerprint density at radius 1 is 1.13 bits per heavy atom. The monoisotopic (exact) mass is 447 g/mol. The second kappa shape index (κ2) is 9.91. The highest BCUT2D eigenvalue weighted by atomic mass is 35.5. The van der Waals surface area contributed by atoms with E-state index >= 15 is 0 Å². The number of amides is 1. The first-order chi connectivity index (χ1) is 14.4. The van der Waals surface area contributed by atoms with Gasteiger partial charge in [0.2, 0.25) is 0 Å². The molecule has 0 aliphatic heterocycles. The topological polar surface area (TPSA) is 92.7 Å². The van der Waals surface area contributed by atoms with Gasteiger partial charge in [-0.3, -0.25) is 14.3 Å². The molecule has 0 fully saturated rings. The summed E-state index contributed by atoms with van der Waals surface area (Å²) in [6, 6.07) is 8.22. The zero-order chi connectivity index (χ0) is 21.7. The summed E-state index contributed by atoms with van der Waals surface area (Å²) in [5, 5.41) is 14.8. The highest BCUT2D eigenvalue weighted by molar-refractivity contribution is 6.34. The maximum absolute atomic E-state index is 12.2. The van der Waals surface area contributed by atoms with Crippen LogP contribution < -0.4 is 10.9 Å². The number of aryl methyl sites for hydroxylation is 1. The molecule has 30 heavy (non-hydrogen) atoms. The molecule has 0 radical (unpaired) electrons. The van der Waals surface area contributed by atoms with E-state index in [2.05, 4.69) is 29.4 Å². The molecular formula is C21H23Cl2N5O2. The van der Waals surface area contributed by atoms with Gasteiger partial charge in [0.15, 0.2) is 0 Å². The average molecular weight is 448 g/mol. The summed E-state index contributed by atoms with van der Waals surface area (Å²) < 4.78 is 1.95. The van der Waals surface area contributed by atoms with E-state index in [1.807, 2.05) is 16.8 Å². The number of nitrogens with one attached hydrogen (secondary N) is 2. The van der Waals surface area contributed by atoms with Crippen LogP contribution in [0.5, 0.6) is 0 Å². The van der Waals surface area contributed by atoms with Crippen molar-refractivity contribution >= 4 is 29.1 Å². The quantitative estimate of drug-likeness (QED) is 0.553. The summed E-state index contributed by atoms with van der Waals surface area (Å²) in [5.41, 5.74) is 4.17. The number of carbonyl (C=O) groups excluding carboxylic acids is 1. The molecule has 2 N–H and O–H groups in total. The van der Waals surface area contributed by atoms with Crippen LogP contribution in [0.25, 0.3) is 0 Å². The average Bonchev–Trinajstić information content (AvgIpc) is 3.04. The molecule has 1 aromatic carbocycles. The summed E-state index contributed by atoms with van der Waals surface area (Å²) >= 11 is 12.3. The molecule has 3 aromatic rings. The Bertz CT molecular complexity index is 1070. The lowest BCUT2D eigenvalue weighted by Gasteiger charge is -2.10. The summed E-state index contributed by atoms with van der Waals surface area (Å²) in [4.78, 5) is 23.3. The Hall–Kier alpha value is -2.64. The van der Waals surface area contributed by atoms with E-state index in [1.165, 1.54) is 17.7 Å². The van der Waals surface area contributed by atoms with Gasteiger partial charge in [-0.1, -0.05) is 37.0 Å². The van der Waals surface area contributed by atoms with Crippen LogP contribution in [0, 0.1) is 0 Å². The predicted octanol–water partition coefficient (Wildman–Crippen LogP) is 3.42. The van der Waals surface area contributed by atoms with Gasteiger partial charge in [0.25, 0.3) is 11.5 Å². The molecule has 0 aliphatic rings. The second-order valence-corrected chi connectivity index (χ2v) is 7.69. The van der Waals surface area contributed by atoms with Crippen LogP contribution in [-0.4, -0.2) is 32.4 Å². The molecule has 2 heterocycles. The summed E-state index contributed by atoms with van der Waals surface area (Å²) in [5.74, 6) is -0.346. The van der Waals surface area contributed by atoms with Gasteiger partial charge in [0.05, 0.1) is 12.2 Å². The van der Waals surface area contributed by atoms with Crippen molar-refractivity contribution < 1.29 is 4.79 Å². The third-order valence-corrected chi connectivity index (χ3v) is 5.18. The lowest BCUT2D eigenvalue weighted by Crippen LogP contribution is -2.29. The first-order valence-corrected chi connectivity index (χ1v) is 10.5. The normalized spacial score (nSPS) is 10.9. The molecule has 2 aromatic heterocycles. The second-order valence-electron chi connectivity index (χ2n) is 6.82. The van der Waals surface area contributed by atoms with Crippen molar-refractivity contribution in [3.63, 3.8) is 0 Å². The lowest BCUT2D eigenvalue weighted by atomic mass is 10.0. The van der Waals surface area contributed by atoms with Crippen LogP contribution in [0.2, 0.25) is 10.0 Å². The van der Waals surface area contributed by atoms with Gasteiger partial charge in [-0.05, 0) is 42.7 Å². The minimum atomic E-state index is -0.351. The van der Waals surface area contributed by atoms with Crippen LogP contribution in [0.3, 0.4) is 0 Å². The van der Waals surface area contributed by atoms with Gasteiger partial charge >= 0.3 is 0 Å². The summed E-state index contributed by atoms with van der Waals surface area (Å²) in [6.07, 6.45) is 2.31. The SMILES string of the molecule is CCc1nn(CCNC(=O)c2ccc(=O)[nH]n2)c(CC)c1Cc1cc(Cl)cc(Cl)c1. The highest BCUT2D eigenvalue weighted by Gasteiger charge is 2.17. The number of carbonyl (C=O) groups is 1. The first-order valence-electron chi connectivity index (χ1n) is 9.77. The third-order valence-electron chi connectivity index (χ3n) is 4.74. The molecule has 0 unspecified atom stereocenters. The van der Waals surface area contributed by atoms with Crippen molar-refractivity contribution in [1.29, 1.82) is 0 Å². The number of hydrogen-bond donors (Lipinski definition) is 2. The van der Waals surface area contributed by atoms with Crippen molar-refractivity contribution in [2.45, 2.75) is 39.7 Å². The molecule has 0 bridgehead atoms. The smallest absolute Gasteiger partial charge is 0.271 e. The molecule has 0 atom stereocenters. The van der Waals surface area contributed by atoms with Gasteiger partial charge in [-0.25, -0.2) is 5.10 Å². The van der Waals surface area contributed by atoms with Gasteiger partial charge in [0, 0.05) is 40.3 Å². The molecule has 7 nitrogen and oxygen atoms in total. The number of H-pyrrole nitrogens is 1. The van der Waals surface area contributed by atoms with E-state index in [1.54, 1.807) is 6.07 Å². The number of rotatable bonds is 8. The number of nitrogens with zero attached hydrogens (tertiary/aromatic N) is 3. The third kappa shape index (κ3) is 5.29. The van der Waals surface area contributed by atoms with E-state index in [0.29, 0.717) is 29.6 Å². The molecule has 3 rings (SSSR count). The van der Waals surface area contributed by atoms with Crippen LogP contribution in [-0.2, 0) is 25.8 Å². The number of hydrogen-bond acceptors (Lipinski definition) is 4. The minimum absolute atomic E-state index is 0.165. The molecule has 1 amide bonds. The van der Waals surface area contributed by atoms with Crippen molar-refractivity contribution in [3.05, 3.63) is 78.9 Å².